The van der Waals surface area contributed by atoms with E-state index in [2.05, 4.69) is 48.3 Å². The van der Waals surface area contributed by atoms with Crippen LogP contribution in [0.15, 0.2) is 24.3 Å². The monoisotopic (exact) mass is 258 g/mol. The molecule has 2 nitrogen and oxygen atoms in total. The van der Waals surface area contributed by atoms with Crippen LogP contribution in [0.5, 0.6) is 0 Å². The predicted molar refractivity (Wildman–Crippen MR) is 81.6 cm³/mol. The minimum Gasteiger partial charge on any atom is -0.368 e. The maximum absolute atomic E-state index is 3.47. The van der Waals surface area contributed by atoms with Gasteiger partial charge in [-0.2, -0.15) is 0 Å². The molecule has 2 aliphatic carbocycles. The minimum atomic E-state index is 0.455. The summed E-state index contributed by atoms with van der Waals surface area (Å²) >= 11 is 0. The van der Waals surface area contributed by atoms with Crippen molar-refractivity contribution in [2.75, 3.05) is 18.0 Å². The van der Waals surface area contributed by atoms with Crippen LogP contribution in [0.25, 0.3) is 0 Å². The molecular weight excluding hydrogens is 232 g/mol. The summed E-state index contributed by atoms with van der Waals surface area (Å²) in [7, 11) is 0. The van der Waals surface area contributed by atoms with Crippen LogP contribution < -0.4 is 10.2 Å². The number of rotatable bonds is 7. The Morgan fingerprint density at radius 2 is 1.84 bits per heavy atom. The fraction of sp³-hybridized carbons (Fsp3) is 0.647. The van der Waals surface area contributed by atoms with Gasteiger partial charge in [-0.15, -0.1) is 0 Å². The third-order valence-electron chi connectivity index (χ3n) is 4.37. The van der Waals surface area contributed by atoms with Crippen molar-refractivity contribution >= 4 is 5.69 Å². The van der Waals surface area contributed by atoms with E-state index < -0.39 is 0 Å². The van der Waals surface area contributed by atoms with Crippen molar-refractivity contribution in [1.29, 1.82) is 0 Å². The van der Waals surface area contributed by atoms with Gasteiger partial charge in [-0.1, -0.05) is 19.1 Å². The van der Waals surface area contributed by atoms with Crippen molar-refractivity contribution in [2.45, 2.75) is 51.6 Å². The van der Waals surface area contributed by atoms with Gasteiger partial charge in [0.15, 0.2) is 0 Å². The van der Waals surface area contributed by atoms with Gasteiger partial charge in [-0.05, 0) is 62.8 Å². The molecule has 0 aliphatic heterocycles. The molecule has 19 heavy (non-hydrogen) atoms. The highest BCUT2D eigenvalue weighted by Gasteiger charge is 2.33. The zero-order chi connectivity index (χ0) is 13.2. The Balaban J connectivity index is 1.68. The molecule has 0 amide bonds. The number of nitrogens with zero attached hydrogens (tertiary/aromatic N) is 1. The number of benzene rings is 1. The maximum Gasteiger partial charge on any atom is 0.0369 e. The number of hydrogen-bond acceptors (Lipinski definition) is 2. The summed E-state index contributed by atoms with van der Waals surface area (Å²) in [5.74, 6) is 0.973. The molecule has 0 radical (unpaired) electrons. The molecule has 2 heteroatoms. The van der Waals surface area contributed by atoms with E-state index in [4.69, 9.17) is 0 Å². The Morgan fingerprint density at radius 1 is 1.16 bits per heavy atom. The standard InChI is InChI=1S/C17H26N2/c1-3-18-13(2)15-6-8-16(9-7-15)19(17-10-11-17)12-14-4-5-14/h6-9,13-14,17-18H,3-5,10-12H2,1-2H3. The van der Waals surface area contributed by atoms with E-state index in [9.17, 15) is 0 Å². The first-order chi connectivity index (χ1) is 9.28. The lowest BCUT2D eigenvalue weighted by Gasteiger charge is -2.25. The van der Waals surface area contributed by atoms with E-state index in [1.54, 1.807) is 0 Å². The van der Waals surface area contributed by atoms with Crippen LogP contribution in [0.1, 0.15) is 51.1 Å². The normalized spacial score (nSPS) is 20.3. The van der Waals surface area contributed by atoms with Gasteiger partial charge in [0, 0.05) is 24.3 Å². The van der Waals surface area contributed by atoms with Crippen LogP contribution in [0, 0.1) is 5.92 Å². The molecule has 3 rings (SSSR count). The average Bonchev–Trinajstić information content (AvgIpc) is 3.28. The summed E-state index contributed by atoms with van der Waals surface area (Å²) in [5, 5.41) is 3.47. The second-order valence-corrected chi connectivity index (χ2v) is 6.20. The van der Waals surface area contributed by atoms with E-state index >= 15 is 0 Å². The van der Waals surface area contributed by atoms with Gasteiger partial charge in [0.05, 0.1) is 0 Å². The Kier molecular flexibility index (Phi) is 3.79. The molecule has 1 N–H and O–H groups in total. The van der Waals surface area contributed by atoms with Crippen LogP contribution >= 0.6 is 0 Å². The van der Waals surface area contributed by atoms with Gasteiger partial charge in [0.25, 0.3) is 0 Å². The summed E-state index contributed by atoms with van der Waals surface area (Å²) in [6.45, 7) is 6.71. The van der Waals surface area contributed by atoms with Crippen molar-refractivity contribution in [1.82, 2.24) is 5.32 Å². The van der Waals surface area contributed by atoms with Crippen LogP contribution in [-0.4, -0.2) is 19.1 Å². The lowest BCUT2D eigenvalue weighted by atomic mass is 10.1. The van der Waals surface area contributed by atoms with Gasteiger partial charge >= 0.3 is 0 Å². The van der Waals surface area contributed by atoms with E-state index in [-0.39, 0.29) is 0 Å². The first kappa shape index (κ1) is 13.0. The second kappa shape index (κ2) is 5.54. The Morgan fingerprint density at radius 3 is 2.37 bits per heavy atom. The molecule has 104 valence electrons. The van der Waals surface area contributed by atoms with Crippen molar-refractivity contribution in [2.24, 2.45) is 5.92 Å². The van der Waals surface area contributed by atoms with Crippen molar-refractivity contribution in [3.63, 3.8) is 0 Å². The molecule has 1 aromatic carbocycles. The summed E-state index contributed by atoms with van der Waals surface area (Å²) in [6.07, 6.45) is 5.67. The summed E-state index contributed by atoms with van der Waals surface area (Å²) < 4.78 is 0. The van der Waals surface area contributed by atoms with Gasteiger partial charge in [0.1, 0.15) is 0 Å². The summed E-state index contributed by atoms with van der Waals surface area (Å²) in [6, 6.07) is 10.5. The summed E-state index contributed by atoms with van der Waals surface area (Å²) in [4.78, 5) is 2.65. The molecule has 1 unspecified atom stereocenters. The molecule has 0 bridgehead atoms. The predicted octanol–water partition coefficient (Wildman–Crippen LogP) is 3.74. The largest absolute Gasteiger partial charge is 0.368 e. The first-order valence-electron chi connectivity index (χ1n) is 7.88. The highest BCUT2D eigenvalue weighted by atomic mass is 15.2. The SMILES string of the molecule is CCNC(C)c1ccc(N(CC2CC2)C2CC2)cc1. The van der Waals surface area contributed by atoms with E-state index in [0.717, 1.165) is 18.5 Å². The van der Waals surface area contributed by atoms with Crippen LogP contribution in [-0.2, 0) is 0 Å². The van der Waals surface area contributed by atoms with Crippen molar-refractivity contribution in [3.05, 3.63) is 29.8 Å². The molecule has 0 spiro atoms. The molecule has 2 saturated carbocycles. The lowest BCUT2D eigenvalue weighted by Crippen LogP contribution is -2.28. The number of nitrogens with one attached hydrogen (secondary N) is 1. The minimum absolute atomic E-state index is 0.455. The van der Waals surface area contributed by atoms with Crippen molar-refractivity contribution < 1.29 is 0 Å². The van der Waals surface area contributed by atoms with Crippen molar-refractivity contribution in [3.8, 4) is 0 Å². The molecule has 1 atom stereocenters. The third-order valence-corrected chi connectivity index (χ3v) is 4.37. The molecule has 2 fully saturated rings. The van der Waals surface area contributed by atoms with Crippen LogP contribution in [0.2, 0.25) is 0 Å². The second-order valence-electron chi connectivity index (χ2n) is 6.20. The molecule has 0 heterocycles. The van der Waals surface area contributed by atoms with E-state index in [1.807, 2.05) is 0 Å². The first-order valence-corrected chi connectivity index (χ1v) is 7.88. The lowest BCUT2D eigenvalue weighted by molar-refractivity contribution is 0.598. The third kappa shape index (κ3) is 3.30. The zero-order valence-electron chi connectivity index (χ0n) is 12.2. The van der Waals surface area contributed by atoms with E-state index in [0.29, 0.717) is 6.04 Å². The highest BCUT2D eigenvalue weighted by molar-refractivity contribution is 5.50. The molecule has 1 aromatic rings. The Labute approximate surface area is 117 Å². The average molecular weight is 258 g/mol. The molecule has 0 aromatic heterocycles. The van der Waals surface area contributed by atoms with Gasteiger partial charge in [-0.25, -0.2) is 0 Å². The molecule has 0 saturated heterocycles. The zero-order valence-corrected chi connectivity index (χ0v) is 12.2. The van der Waals surface area contributed by atoms with Gasteiger partial charge in [-0.3, -0.25) is 0 Å². The molecular formula is C17H26N2. The quantitative estimate of drug-likeness (QED) is 0.801. The Bertz CT molecular complexity index is 404. The fourth-order valence-corrected chi connectivity index (χ4v) is 2.81. The van der Waals surface area contributed by atoms with Crippen LogP contribution in [0.3, 0.4) is 0 Å². The van der Waals surface area contributed by atoms with Crippen LogP contribution in [0.4, 0.5) is 5.69 Å². The highest BCUT2D eigenvalue weighted by Crippen LogP contribution is 2.37. The number of anilines is 1. The maximum atomic E-state index is 3.47. The number of hydrogen-bond donors (Lipinski definition) is 1. The van der Waals surface area contributed by atoms with E-state index in [1.165, 1.54) is 43.5 Å². The topological polar surface area (TPSA) is 15.3 Å². The van der Waals surface area contributed by atoms with Gasteiger partial charge < -0.3 is 10.2 Å². The van der Waals surface area contributed by atoms with Gasteiger partial charge in [0.2, 0.25) is 0 Å². The molecule has 2 aliphatic rings. The fourth-order valence-electron chi connectivity index (χ4n) is 2.81. The summed E-state index contributed by atoms with van der Waals surface area (Å²) in [5.41, 5.74) is 2.83. The Hall–Kier alpha value is -1.02. The smallest absolute Gasteiger partial charge is 0.0369 e.